The Hall–Kier alpha value is -2.22. The minimum atomic E-state index is -0.814. The lowest BCUT2D eigenvalue weighted by Crippen LogP contribution is -2.08. The van der Waals surface area contributed by atoms with Crippen LogP contribution < -0.4 is 5.32 Å². The molecule has 4 rings (SSSR count). The van der Waals surface area contributed by atoms with Crippen LogP contribution in [0.4, 0.5) is 14.6 Å². The standard InChI is InChI=1S/C19H21F2N5S/c1-3-7-27-19-24-17(13-10-22-26(4-2)18(13)25-19)23-16-9-12(16)11-5-6-14(20)15(21)8-11/h5-6,8,10,12,16H,3-4,7,9H2,1-2H3,(H,23,24,25)/t12-,16+/m0/s1. The average molecular weight is 389 g/mol. The minimum Gasteiger partial charge on any atom is -0.366 e. The van der Waals surface area contributed by atoms with Crippen LogP contribution in [0.5, 0.6) is 0 Å². The summed E-state index contributed by atoms with van der Waals surface area (Å²) in [4.78, 5) is 9.33. The van der Waals surface area contributed by atoms with Gasteiger partial charge < -0.3 is 5.32 Å². The molecular weight excluding hydrogens is 368 g/mol. The lowest BCUT2D eigenvalue weighted by atomic mass is 10.1. The number of rotatable bonds is 7. The Bertz CT molecular complexity index is 974. The van der Waals surface area contributed by atoms with Crippen LogP contribution in [-0.4, -0.2) is 31.5 Å². The molecule has 2 atom stereocenters. The molecule has 0 saturated heterocycles. The molecule has 0 unspecified atom stereocenters. The summed E-state index contributed by atoms with van der Waals surface area (Å²) < 4.78 is 28.5. The van der Waals surface area contributed by atoms with Crippen LogP contribution in [0, 0.1) is 11.6 Å². The van der Waals surface area contributed by atoms with E-state index in [0.717, 1.165) is 52.7 Å². The fraction of sp³-hybridized carbons (Fsp3) is 0.421. The predicted molar refractivity (Wildman–Crippen MR) is 103 cm³/mol. The maximum Gasteiger partial charge on any atom is 0.191 e. The third kappa shape index (κ3) is 3.63. The summed E-state index contributed by atoms with van der Waals surface area (Å²) in [6.45, 7) is 4.89. The molecule has 0 amide bonds. The van der Waals surface area contributed by atoms with E-state index >= 15 is 0 Å². The Morgan fingerprint density at radius 1 is 1.22 bits per heavy atom. The molecule has 0 spiro atoms. The van der Waals surface area contributed by atoms with Crippen molar-refractivity contribution < 1.29 is 8.78 Å². The maximum atomic E-state index is 13.5. The molecule has 27 heavy (non-hydrogen) atoms. The SMILES string of the molecule is CCCSc1nc(N[C@@H]2C[C@H]2c2ccc(F)c(F)c2)c2cnn(CC)c2n1. The van der Waals surface area contributed by atoms with E-state index in [-0.39, 0.29) is 12.0 Å². The number of nitrogens with zero attached hydrogens (tertiary/aromatic N) is 4. The van der Waals surface area contributed by atoms with Gasteiger partial charge in [-0.1, -0.05) is 24.8 Å². The molecule has 1 aliphatic carbocycles. The first-order valence-corrected chi connectivity index (χ1v) is 10.2. The van der Waals surface area contributed by atoms with Crippen molar-refractivity contribution in [1.29, 1.82) is 0 Å². The number of thioether (sulfide) groups is 1. The Morgan fingerprint density at radius 2 is 2.07 bits per heavy atom. The van der Waals surface area contributed by atoms with Crippen LogP contribution >= 0.6 is 11.8 Å². The number of nitrogens with one attached hydrogen (secondary N) is 1. The maximum absolute atomic E-state index is 13.5. The number of aryl methyl sites for hydroxylation is 1. The van der Waals surface area contributed by atoms with Gasteiger partial charge >= 0.3 is 0 Å². The number of aromatic nitrogens is 4. The zero-order chi connectivity index (χ0) is 19.0. The molecule has 1 N–H and O–H groups in total. The number of anilines is 1. The van der Waals surface area contributed by atoms with Crippen LogP contribution in [0.25, 0.3) is 11.0 Å². The Balaban J connectivity index is 1.59. The van der Waals surface area contributed by atoms with E-state index in [4.69, 9.17) is 0 Å². The summed E-state index contributed by atoms with van der Waals surface area (Å²) in [5, 5.41) is 9.47. The first-order valence-electron chi connectivity index (χ1n) is 9.18. The second-order valence-electron chi connectivity index (χ2n) is 6.67. The van der Waals surface area contributed by atoms with Crippen molar-refractivity contribution in [2.24, 2.45) is 0 Å². The Kier molecular flexibility index (Phi) is 4.99. The third-order valence-corrected chi connectivity index (χ3v) is 5.75. The Morgan fingerprint density at radius 3 is 2.81 bits per heavy atom. The van der Waals surface area contributed by atoms with Gasteiger partial charge in [-0.3, -0.25) is 0 Å². The molecule has 2 heterocycles. The third-order valence-electron chi connectivity index (χ3n) is 4.69. The van der Waals surface area contributed by atoms with Gasteiger partial charge in [0.25, 0.3) is 0 Å². The van der Waals surface area contributed by atoms with E-state index in [1.807, 2.05) is 11.6 Å². The van der Waals surface area contributed by atoms with Crippen molar-refractivity contribution in [3.05, 3.63) is 41.6 Å². The zero-order valence-corrected chi connectivity index (χ0v) is 16.1. The topological polar surface area (TPSA) is 55.6 Å². The smallest absolute Gasteiger partial charge is 0.191 e. The largest absolute Gasteiger partial charge is 0.366 e. The second kappa shape index (κ2) is 7.42. The minimum absolute atomic E-state index is 0.141. The number of fused-ring (bicyclic) bond motifs is 1. The van der Waals surface area contributed by atoms with E-state index in [1.165, 1.54) is 12.1 Å². The normalized spacial score (nSPS) is 18.8. The van der Waals surface area contributed by atoms with E-state index in [1.54, 1.807) is 24.0 Å². The molecule has 142 valence electrons. The van der Waals surface area contributed by atoms with E-state index < -0.39 is 11.6 Å². The molecule has 2 aromatic heterocycles. The molecule has 1 fully saturated rings. The summed E-state index contributed by atoms with van der Waals surface area (Å²) in [6, 6.07) is 4.27. The predicted octanol–water partition coefficient (Wildman–Crippen LogP) is 4.59. The number of hydrogen-bond acceptors (Lipinski definition) is 5. The first-order chi connectivity index (χ1) is 13.1. The van der Waals surface area contributed by atoms with Crippen molar-refractivity contribution in [1.82, 2.24) is 19.7 Å². The highest BCUT2D eigenvalue weighted by Crippen LogP contribution is 2.43. The summed E-state index contributed by atoms with van der Waals surface area (Å²) in [7, 11) is 0. The van der Waals surface area contributed by atoms with Crippen LogP contribution in [0.2, 0.25) is 0 Å². The molecule has 3 aromatic rings. The van der Waals surface area contributed by atoms with Crippen LogP contribution in [-0.2, 0) is 6.54 Å². The first kappa shape index (κ1) is 18.2. The molecule has 5 nitrogen and oxygen atoms in total. The van der Waals surface area contributed by atoms with Crippen LogP contribution in [0.1, 0.15) is 38.2 Å². The molecule has 1 aromatic carbocycles. The Labute approximate surface area is 160 Å². The molecule has 1 aliphatic rings. The van der Waals surface area contributed by atoms with Gasteiger partial charge in [-0.05, 0) is 37.5 Å². The summed E-state index contributed by atoms with van der Waals surface area (Å²) >= 11 is 1.63. The van der Waals surface area contributed by atoms with Gasteiger partial charge in [0.2, 0.25) is 0 Å². The van der Waals surface area contributed by atoms with Gasteiger partial charge in [-0.25, -0.2) is 23.4 Å². The van der Waals surface area contributed by atoms with Gasteiger partial charge in [0, 0.05) is 24.3 Å². The zero-order valence-electron chi connectivity index (χ0n) is 15.2. The van der Waals surface area contributed by atoms with Gasteiger partial charge in [-0.15, -0.1) is 0 Å². The summed E-state index contributed by atoms with van der Waals surface area (Å²) in [5.74, 6) is 0.245. The van der Waals surface area contributed by atoms with E-state index in [0.29, 0.717) is 0 Å². The van der Waals surface area contributed by atoms with Crippen LogP contribution in [0.15, 0.2) is 29.6 Å². The highest BCUT2D eigenvalue weighted by molar-refractivity contribution is 7.99. The van der Waals surface area contributed by atoms with Crippen molar-refractivity contribution >= 4 is 28.6 Å². The molecular formula is C19H21F2N5S. The molecule has 0 radical (unpaired) electrons. The van der Waals surface area contributed by atoms with Gasteiger partial charge in [0.1, 0.15) is 5.82 Å². The molecule has 1 saturated carbocycles. The summed E-state index contributed by atoms with van der Waals surface area (Å²) in [6.07, 6.45) is 3.68. The van der Waals surface area contributed by atoms with Gasteiger partial charge in [0.05, 0.1) is 11.6 Å². The van der Waals surface area contributed by atoms with Gasteiger partial charge in [-0.2, -0.15) is 5.10 Å². The second-order valence-corrected chi connectivity index (χ2v) is 7.73. The lowest BCUT2D eigenvalue weighted by molar-refractivity contribution is 0.507. The van der Waals surface area contributed by atoms with Crippen LogP contribution in [0.3, 0.4) is 0 Å². The fourth-order valence-electron chi connectivity index (χ4n) is 3.18. The fourth-order valence-corrected chi connectivity index (χ4v) is 3.87. The summed E-state index contributed by atoms with van der Waals surface area (Å²) in [5.41, 5.74) is 1.63. The highest BCUT2D eigenvalue weighted by Gasteiger charge is 2.39. The molecule has 0 aliphatic heterocycles. The average Bonchev–Trinajstić information content (AvgIpc) is 3.30. The number of benzene rings is 1. The lowest BCUT2D eigenvalue weighted by Gasteiger charge is -2.09. The van der Waals surface area contributed by atoms with E-state index in [2.05, 4.69) is 27.3 Å². The molecule has 8 heteroatoms. The van der Waals surface area contributed by atoms with Crippen molar-refractivity contribution in [3.8, 4) is 0 Å². The van der Waals surface area contributed by atoms with E-state index in [9.17, 15) is 8.78 Å². The number of halogens is 2. The molecule has 0 bridgehead atoms. The number of hydrogen-bond donors (Lipinski definition) is 1. The van der Waals surface area contributed by atoms with Crippen molar-refractivity contribution in [2.45, 2.75) is 50.4 Å². The highest BCUT2D eigenvalue weighted by atomic mass is 32.2. The van der Waals surface area contributed by atoms with Crippen molar-refractivity contribution in [3.63, 3.8) is 0 Å². The van der Waals surface area contributed by atoms with Crippen molar-refractivity contribution in [2.75, 3.05) is 11.1 Å². The monoisotopic (exact) mass is 389 g/mol. The van der Waals surface area contributed by atoms with Gasteiger partial charge in [0.15, 0.2) is 22.4 Å². The quantitative estimate of drug-likeness (QED) is 0.473.